The van der Waals surface area contributed by atoms with E-state index in [1.807, 2.05) is 37.3 Å². The van der Waals surface area contributed by atoms with Gasteiger partial charge in [0.2, 0.25) is 0 Å². The van der Waals surface area contributed by atoms with E-state index in [1.54, 1.807) is 17.0 Å². The molecule has 0 amide bonds. The lowest BCUT2D eigenvalue weighted by Crippen LogP contribution is -2.23. The Kier molecular flexibility index (Phi) is 2.97. The Bertz CT molecular complexity index is 1040. The molecule has 1 aromatic carbocycles. The van der Waals surface area contributed by atoms with Crippen molar-refractivity contribution in [2.75, 3.05) is 0 Å². The van der Waals surface area contributed by atoms with Crippen LogP contribution in [0.3, 0.4) is 0 Å². The van der Waals surface area contributed by atoms with Crippen LogP contribution in [0.2, 0.25) is 0 Å². The fourth-order valence-electron chi connectivity index (χ4n) is 2.51. The van der Waals surface area contributed by atoms with E-state index < -0.39 is 0 Å². The second-order valence-electron chi connectivity index (χ2n) is 5.03. The van der Waals surface area contributed by atoms with E-state index in [1.165, 1.54) is 11.3 Å². The molecule has 3 heterocycles. The minimum atomic E-state index is -0.0313. The molecule has 0 N–H and O–H groups in total. The summed E-state index contributed by atoms with van der Waals surface area (Å²) in [6.07, 6.45) is 3.26. The van der Waals surface area contributed by atoms with Gasteiger partial charge in [-0.2, -0.15) is 0 Å². The molecule has 0 aliphatic heterocycles. The highest BCUT2D eigenvalue weighted by molar-refractivity contribution is 7.25. The van der Waals surface area contributed by atoms with Crippen LogP contribution in [0.25, 0.3) is 20.6 Å². The number of hydrogen-bond donors (Lipinski definition) is 0. The molecule has 5 nitrogen and oxygen atoms in total. The van der Waals surface area contributed by atoms with Crippen LogP contribution in [0, 0.1) is 6.92 Å². The second-order valence-corrected chi connectivity index (χ2v) is 6.02. The number of aromatic nitrogens is 4. The Morgan fingerprint density at radius 3 is 2.68 bits per heavy atom. The number of aryl methyl sites for hydroxylation is 1. The standard InChI is InChI=1S/C16H12N4OS/c1-10-19-12-13-15(18-8-7-17-13)22-14(12)16(21)20(10)9-11-5-3-2-4-6-11/h2-8H,9H2,1H3. The van der Waals surface area contributed by atoms with Crippen LogP contribution in [-0.4, -0.2) is 19.5 Å². The van der Waals surface area contributed by atoms with Gasteiger partial charge in [-0.1, -0.05) is 30.3 Å². The van der Waals surface area contributed by atoms with Crippen molar-refractivity contribution in [2.24, 2.45) is 0 Å². The van der Waals surface area contributed by atoms with Gasteiger partial charge in [0, 0.05) is 12.4 Å². The van der Waals surface area contributed by atoms with E-state index in [9.17, 15) is 4.79 Å². The third-order valence-electron chi connectivity index (χ3n) is 3.59. The van der Waals surface area contributed by atoms with E-state index >= 15 is 0 Å². The maximum Gasteiger partial charge on any atom is 0.271 e. The minimum absolute atomic E-state index is 0.0313. The fraction of sp³-hybridized carbons (Fsp3) is 0.125. The van der Waals surface area contributed by atoms with Gasteiger partial charge in [0.25, 0.3) is 5.56 Å². The summed E-state index contributed by atoms with van der Waals surface area (Å²) in [5.41, 5.74) is 2.40. The van der Waals surface area contributed by atoms with Crippen LogP contribution in [0.5, 0.6) is 0 Å². The molecular weight excluding hydrogens is 296 g/mol. The van der Waals surface area contributed by atoms with Gasteiger partial charge in [-0.25, -0.2) is 15.0 Å². The molecule has 3 aromatic heterocycles. The number of rotatable bonds is 2. The van der Waals surface area contributed by atoms with Crippen LogP contribution in [0.1, 0.15) is 11.4 Å². The predicted molar refractivity (Wildman–Crippen MR) is 87.3 cm³/mol. The second kappa shape index (κ2) is 4.99. The Morgan fingerprint density at radius 2 is 1.86 bits per heavy atom. The molecule has 0 fully saturated rings. The number of fused-ring (bicyclic) bond motifs is 3. The van der Waals surface area contributed by atoms with E-state index in [0.717, 1.165) is 10.4 Å². The molecule has 6 heteroatoms. The van der Waals surface area contributed by atoms with Crippen molar-refractivity contribution >= 4 is 31.9 Å². The highest BCUT2D eigenvalue weighted by Gasteiger charge is 2.15. The molecule has 4 rings (SSSR count). The normalized spacial score (nSPS) is 11.3. The highest BCUT2D eigenvalue weighted by Crippen LogP contribution is 2.27. The molecule has 0 bridgehead atoms. The van der Waals surface area contributed by atoms with Crippen molar-refractivity contribution in [2.45, 2.75) is 13.5 Å². The molecule has 0 spiro atoms. The van der Waals surface area contributed by atoms with Crippen LogP contribution >= 0.6 is 11.3 Å². The molecule has 22 heavy (non-hydrogen) atoms. The zero-order valence-corrected chi connectivity index (χ0v) is 12.7. The lowest BCUT2D eigenvalue weighted by atomic mass is 10.2. The van der Waals surface area contributed by atoms with Gasteiger partial charge in [0.05, 0.1) is 6.54 Å². The van der Waals surface area contributed by atoms with Gasteiger partial charge in [0.15, 0.2) is 0 Å². The summed E-state index contributed by atoms with van der Waals surface area (Å²) in [4.78, 5) is 26.7. The quantitative estimate of drug-likeness (QED) is 0.571. The van der Waals surface area contributed by atoms with Crippen molar-refractivity contribution in [1.29, 1.82) is 0 Å². The van der Waals surface area contributed by atoms with Gasteiger partial charge in [-0.15, -0.1) is 11.3 Å². The van der Waals surface area contributed by atoms with Crippen molar-refractivity contribution in [3.05, 3.63) is 64.5 Å². The van der Waals surface area contributed by atoms with Gasteiger partial charge in [-0.3, -0.25) is 9.36 Å². The predicted octanol–water partition coefficient (Wildman–Crippen LogP) is 2.76. The van der Waals surface area contributed by atoms with Gasteiger partial charge < -0.3 is 0 Å². The SMILES string of the molecule is Cc1nc2c(sc3nccnc32)c(=O)n1Cc1ccccc1. The summed E-state index contributed by atoms with van der Waals surface area (Å²) < 4.78 is 2.32. The molecule has 108 valence electrons. The van der Waals surface area contributed by atoms with Crippen LogP contribution in [0.4, 0.5) is 0 Å². The van der Waals surface area contributed by atoms with Crippen LogP contribution in [0.15, 0.2) is 47.5 Å². The Morgan fingerprint density at radius 1 is 1.09 bits per heavy atom. The van der Waals surface area contributed by atoms with Crippen molar-refractivity contribution < 1.29 is 0 Å². The molecule has 0 saturated carbocycles. The zero-order chi connectivity index (χ0) is 15.1. The van der Waals surface area contributed by atoms with Gasteiger partial charge in [-0.05, 0) is 12.5 Å². The lowest BCUT2D eigenvalue weighted by molar-refractivity contribution is 0.714. The Labute approximate surface area is 129 Å². The van der Waals surface area contributed by atoms with Crippen molar-refractivity contribution in [3.8, 4) is 0 Å². The molecular formula is C16H12N4OS. The van der Waals surface area contributed by atoms with Crippen LogP contribution < -0.4 is 5.56 Å². The number of hydrogen-bond acceptors (Lipinski definition) is 5. The van der Waals surface area contributed by atoms with Crippen molar-refractivity contribution in [1.82, 2.24) is 19.5 Å². The summed E-state index contributed by atoms with van der Waals surface area (Å²) in [7, 11) is 0. The highest BCUT2D eigenvalue weighted by atomic mass is 32.1. The first-order valence-electron chi connectivity index (χ1n) is 6.88. The third kappa shape index (κ3) is 2.00. The molecule has 0 atom stereocenters. The maximum atomic E-state index is 12.8. The van der Waals surface area contributed by atoms with Gasteiger partial charge in [0.1, 0.15) is 26.4 Å². The number of benzene rings is 1. The first kappa shape index (κ1) is 13.1. The number of nitrogens with zero attached hydrogens (tertiary/aromatic N) is 4. The third-order valence-corrected chi connectivity index (χ3v) is 4.65. The minimum Gasteiger partial charge on any atom is -0.291 e. The topological polar surface area (TPSA) is 60.7 Å². The van der Waals surface area contributed by atoms with E-state index in [0.29, 0.717) is 28.1 Å². The molecule has 0 unspecified atom stereocenters. The molecule has 0 radical (unpaired) electrons. The summed E-state index contributed by atoms with van der Waals surface area (Å²) in [5, 5.41) is 0. The average molecular weight is 308 g/mol. The Hall–Kier alpha value is -2.60. The number of thiophene rings is 1. The van der Waals surface area contributed by atoms with E-state index in [-0.39, 0.29) is 5.56 Å². The monoisotopic (exact) mass is 308 g/mol. The summed E-state index contributed by atoms with van der Waals surface area (Å²) in [5.74, 6) is 0.687. The lowest BCUT2D eigenvalue weighted by Gasteiger charge is -2.09. The average Bonchev–Trinajstić information content (AvgIpc) is 2.91. The smallest absolute Gasteiger partial charge is 0.271 e. The first-order chi connectivity index (χ1) is 10.7. The Balaban J connectivity index is 1.97. The first-order valence-corrected chi connectivity index (χ1v) is 7.70. The largest absolute Gasteiger partial charge is 0.291 e. The van der Waals surface area contributed by atoms with Crippen molar-refractivity contribution in [3.63, 3.8) is 0 Å². The van der Waals surface area contributed by atoms with E-state index in [2.05, 4.69) is 15.0 Å². The molecule has 4 aromatic rings. The van der Waals surface area contributed by atoms with Gasteiger partial charge >= 0.3 is 0 Å². The zero-order valence-electron chi connectivity index (χ0n) is 11.9. The maximum absolute atomic E-state index is 12.8. The molecule has 0 saturated heterocycles. The summed E-state index contributed by atoms with van der Waals surface area (Å²) in [6, 6.07) is 9.90. The summed E-state index contributed by atoms with van der Waals surface area (Å²) in [6.45, 7) is 2.37. The van der Waals surface area contributed by atoms with Crippen LogP contribution in [-0.2, 0) is 6.54 Å². The molecule has 0 aliphatic rings. The van der Waals surface area contributed by atoms with E-state index in [4.69, 9.17) is 0 Å². The fourth-order valence-corrected chi connectivity index (χ4v) is 3.50. The summed E-state index contributed by atoms with van der Waals surface area (Å²) >= 11 is 1.35. The molecule has 0 aliphatic carbocycles.